The third kappa shape index (κ3) is 5.90. The van der Waals surface area contributed by atoms with E-state index in [1.807, 2.05) is 6.07 Å². The summed E-state index contributed by atoms with van der Waals surface area (Å²) in [6.07, 6.45) is 2.34. The number of rotatable bonds is 8. The van der Waals surface area contributed by atoms with E-state index in [1.54, 1.807) is 72.5 Å². The largest absolute Gasteiger partial charge is 0.465 e. The number of hydrogen-bond acceptors (Lipinski definition) is 7. The number of ether oxygens (including phenoxy) is 1. The van der Waals surface area contributed by atoms with E-state index >= 15 is 0 Å². The number of aromatic nitrogens is 1. The fourth-order valence-corrected chi connectivity index (χ4v) is 6.51. The second-order valence-electron chi connectivity index (χ2n) is 9.65. The molecule has 1 aliphatic rings. The van der Waals surface area contributed by atoms with Crippen molar-refractivity contribution in [3.8, 4) is 6.07 Å². The van der Waals surface area contributed by atoms with E-state index in [2.05, 4.69) is 11.1 Å². The van der Waals surface area contributed by atoms with E-state index < -0.39 is 22.5 Å². The number of para-hydroxylation sites is 1. The van der Waals surface area contributed by atoms with Gasteiger partial charge in [-0.15, -0.1) is 0 Å². The summed E-state index contributed by atoms with van der Waals surface area (Å²) in [4.78, 5) is 31.7. The van der Waals surface area contributed by atoms with Crippen molar-refractivity contribution >= 4 is 38.5 Å². The molecule has 208 valence electrons. The van der Waals surface area contributed by atoms with Crippen LogP contribution in [0.5, 0.6) is 0 Å². The van der Waals surface area contributed by atoms with Crippen LogP contribution in [0.3, 0.4) is 0 Å². The van der Waals surface area contributed by atoms with Crippen LogP contribution in [0.4, 0.5) is 5.69 Å². The maximum atomic E-state index is 14.1. The van der Waals surface area contributed by atoms with Crippen molar-refractivity contribution in [3.63, 3.8) is 0 Å². The molecule has 0 radical (unpaired) electrons. The van der Waals surface area contributed by atoms with Gasteiger partial charge in [0.25, 0.3) is 10.0 Å². The van der Waals surface area contributed by atoms with E-state index in [-0.39, 0.29) is 23.8 Å². The lowest BCUT2D eigenvalue weighted by atomic mass is 9.98. The predicted octanol–water partition coefficient (Wildman–Crippen LogP) is 3.99. The molecule has 0 spiro atoms. The number of benzene rings is 3. The summed E-state index contributed by atoms with van der Waals surface area (Å²) in [6, 6.07) is 22.6. The van der Waals surface area contributed by atoms with Crippen LogP contribution in [0.2, 0.25) is 0 Å². The van der Waals surface area contributed by atoms with Crippen LogP contribution in [-0.4, -0.2) is 49.9 Å². The Balaban J connectivity index is 1.46. The van der Waals surface area contributed by atoms with Gasteiger partial charge in [-0.05, 0) is 66.4 Å². The zero-order chi connectivity index (χ0) is 29.0. The number of fused-ring (bicyclic) bond motifs is 2. The molecule has 0 atom stereocenters. The number of anilines is 1. The van der Waals surface area contributed by atoms with Crippen molar-refractivity contribution in [1.82, 2.24) is 9.88 Å². The Kier molecular flexibility index (Phi) is 7.99. The van der Waals surface area contributed by atoms with Crippen LogP contribution in [0, 0.1) is 11.3 Å². The minimum Gasteiger partial charge on any atom is -0.465 e. The van der Waals surface area contributed by atoms with E-state index in [9.17, 15) is 18.0 Å². The van der Waals surface area contributed by atoms with Gasteiger partial charge in [0.2, 0.25) is 5.91 Å². The van der Waals surface area contributed by atoms with Gasteiger partial charge in [-0.3, -0.25) is 18.9 Å². The van der Waals surface area contributed by atoms with Crippen LogP contribution in [0.15, 0.2) is 83.9 Å². The van der Waals surface area contributed by atoms with E-state index in [1.165, 1.54) is 12.3 Å². The number of nitriles is 1. The second kappa shape index (κ2) is 11.8. The SMILES string of the molecule is CCOC(=O)CN(c1ccc2c(c1)CN(C(=O)Cc1ccc(C#N)cc1)CC2)S(=O)(=O)c1cccc2cccnc12. The van der Waals surface area contributed by atoms with Gasteiger partial charge < -0.3 is 9.64 Å². The molecule has 1 aliphatic heterocycles. The summed E-state index contributed by atoms with van der Waals surface area (Å²) in [6.45, 7) is 2.10. The molecule has 5 rings (SSSR count). The second-order valence-corrected chi connectivity index (χ2v) is 11.5. The third-order valence-corrected chi connectivity index (χ3v) is 8.83. The number of esters is 1. The number of carbonyl (C=O) groups excluding carboxylic acids is 2. The maximum absolute atomic E-state index is 14.1. The zero-order valence-corrected chi connectivity index (χ0v) is 23.3. The summed E-state index contributed by atoms with van der Waals surface area (Å²) < 4.78 is 34.3. The third-order valence-electron chi connectivity index (χ3n) is 7.02. The molecule has 3 aromatic carbocycles. The van der Waals surface area contributed by atoms with E-state index in [0.717, 1.165) is 21.0 Å². The van der Waals surface area contributed by atoms with E-state index in [0.29, 0.717) is 41.7 Å². The van der Waals surface area contributed by atoms with Gasteiger partial charge in [-0.1, -0.05) is 36.4 Å². The highest BCUT2D eigenvalue weighted by Crippen LogP contribution is 2.31. The Morgan fingerprint density at radius 2 is 1.83 bits per heavy atom. The van der Waals surface area contributed by atoms with Crippen LogP contribution in [0.25, 0.3) is 10.9 Å². The Hall–Kier alpha value is -4.75. The molecular weight excluding hydrogens is 540 g/mol. The maximum Gasteiger partial charge on any atom is 0.326 e. The zero-order valence-electron chi connectivity index (χ0n) is 22.5. The molecule has 1 amide bonds. The average molecular weight is 569 g/mol. The van der Waals surface area contributed by atoms with Crippen molar-refractivity contribution in [3.05, 3.63) is 101 Å². The molecule has 0 bridgehead atoms. The first kappa shape index (κ1) is 27.8. The number of amides is 1. The molecular formula is C31H28N4O5S. The van der Waals surface area contributed by atoms with Gasteiger partial charge in [0.1, 0.15) is 11.4 Å². The molecule has 2 heterocycles. The first-order valence-electron chi connectivity index (χ1n) is 13.2. The summed E-state index contributed by atoms with van der Waals surface area (Å²) >= 11 is 0. The number of sulfonamides is 1. The lowest BCUT2D eigenvalue weighted by molar-refractivity contribution is -0.141. The minimum absolute atomic E-state index is 0.0168. The highest BCUT2D eigenvalue weighted by atomic mass is 32.2. The number of nitrogens with zero attached hydrogens (tertiary/aromatic N) is 4. The average Bonchev–Trinajstić information content (AvgIpc) is 2.99. The molecule has 41 heavy (non-hydrogen) atoms. The van der Waals surface area contributed by atoms with Crippen LogP contribution in [0.1, 0.15) is 29.2 Å². The summed E-state index contributed by atoms with van der Waals surface area (Å²) in [5.74, 6) is -0.746. The summed E-state index contributed by atoms with van der Waals surface area (Å²) in [5.41, 5.74) is 3.76. The normalized spacial score (nSPS) is 12.8. The molecule has 0 aliphatic carbocycles. The summed E-state index contributed by atoms with van der Waals surface area (Å²) in [7, 11) is -4.23. The number of pyridine rings is 1. The lowest BCUT2D eigenvalue weighted by Gasteiger charge is -2.31. The van der Waals surface area contributed by atoms with Gasteiger partial charge in [0, 0.05) is 24.7 Å². The standard InChI is InChI=1S/C31H28N4O5S/c1-2-40-30(37)21-35(41(38,39)28-7-3-5-25-6-4-15-33-31(25)28)27-13-12-24-14-16-34(20-26(24)18-27)29(36)17-22-8-10-23(19-32)11-9-22/h3-13,15,18H,2,14,16-17,20-21H2,1H3. The fourth-order valence-electron chi connectivity index (χ4n) is 4.94. The quantitative estimate of drug-likeness (QED) is 0.295. The van der Waals surface area contributed by atoms with Crippen molar-refractivity contribution in [2.45, 2.75) is 31.2 Å². The Labute approximate surface area is 238 Å². The Bertz CT molecular complexity index is 1760. The van der Waals surface area contributed by atoms with Crippen LogP contribution >= 0.6 is 0 Å². The van der Waals surface area contributed by atoms with Crippen molar-refractivity contribution in [1.29, 1.82) is 5.26 Å². The first-order valence-corrected chi connectivity index (χ1v) is 14.6. The molecule has 0 saturated heterocycles. The number of carbonyl (C=O) groups is 2. The Morgan fingerprint density at radius 1 is 1.05 bits per heavy atom. The molecule has 10 heteroatoms. The minimum atomic E-state index is -4.23. The van der Waals surface area contributed by atoms with Crippen LogP contribution in [-0.2, 0) is 43.7 Å². The van der Waals surface area contributed by atoms with Crippen molar-refractivity contribution in [2.75, 3.05) is 24.0 Å². The van der Waals surface area contributed by atoms with Gasteiger partial charge in [0.15, 0.2) is 0 Å². The molecule has 1 aromatic heterocycles. The number of hydrogen-bond donors (Lipinski definition) is 0. The molecule has 4 aromatic rings. The fraction of sp³-hybridized carbons (Fsp3) is 0.226. The molecule has 0 saturated carbocycles. The van der Waals surface area contributed by atoms with Gasteiger partial charge in [-0.25, -0.2) is 8.42 Å². The molecule has 0 fully saturated rings. The first-order chi connectivity index (χ1) is 19.8. The molecule has 0 N–H and O–H groups in total. The van der Waals surface area contributed by atoms with Gasteiger partial charge >= 0.3 is 5.97 Å². The highest BCUT2D eigenvalue weighted by molar-refractivity contribution is 7.93. The Morgan fingerprint density at radius 3 is 2.59 bits per heavy atom. The molecule has 0 unspecified atom stereocenters. The topological polar surface area (TPSA) is 121 Å². The lowest BCUT2D eigenvalue weighted by Crippen LogP contribution is -2.38. The molecule has 9 nitrogen and oxygen atoms in total. The van der Waals surface area contributed by atoms with E-state index in [4.69, 9.17) is 10.00 Å². The van der Waals surface area contributed by atoms with Crippen molar-refractivity contribution < 1.29 is 22.7 Å². The van der Waals surface area contributed by atoms with Crippen molar-refractivity contribution in [2.24, 2.45) is 0 Å². The van der Waals surface area contributed by atoms with Gasteiger partial charge in [0.05, 0.1) is 35.9 Å². The highest BCUT2D eigenvalue weighted by Gasteiger charge is 2.31. The predicted molar refractivity (Wildman–Crippen MR) is 153 cm³/mol. The smallest absolute Gasteiger partial charge is 0.326 e. The summed E-state index contributed by atoms with van der Waals surface area (Å²) in [5, 5.41) is 9.67. The van der Waals surface area contributed by atoms with Gasteiger partial charge in [-0.2, -0.15) is 5.26 Å². The monoisotopic (exact) mass is 568 g/mol. The van der Waals surface area contributed by atoms with Crippen LogP contribution < -0.4 is 4.31 Å².